The highest BCUT2D eigenvalue weighted by atomic mass is 31.1. The Morgan fingerprint density at radius 3 is 1.79 bits per heavy atom. The van der Waals surface area contributed by atoms with Crippen LogP contribution in [0.4, 0.5) is 0 Å². The zero-order valence-electron chi connectivity index (χ0n) is 10.7. The van der Waals surface area contributed by atoms with Crippen molar-refractivity contribution in [1.29, 1.82) is 0 Å². The second-order valence-electron chi connectivity index (χ2n) is 4.60. The average molecular weight is 269 g/mol. The Morgan fingerprint density at radius 1 is 0.842 bits per heavy atom. The molecular weight excluding hydrogens is 253 g/mol. The van der Waals surface area contributed by atoms with Crippen LogP contribution >= 0.6 is 8.07 Å². The van der Waals surface area contributed by atoms with Gasteiger partial charge in [-0.1, -0.05) is 60.7 Å². The van der Waals surface area contributed by atoms with Crippen LogP contribution in [0.5, 0.6) is 0 Å². The number of benzene rings is 2. The molecule has 0 atom stereocenters. The molecule has 3 rings (SSSR count). The van der Waals surface area contributed by atoms with Crippen molar-refractivity contribution in [1.82, 2.24) is 4.67 Å². The molecule has 1 saturated heterocycles. The molecule has 1 heterocycles. The molecule has 0 bridgehead atoms. The fraction of sp³-hybridized carbons (Fsp3) is 0.188. The quantitative estimate of drug-likeness (QED) is 0.784. The maximum absolute atomic E-state index is 12.1. The molecule has 2 nitrogen and oxygen atoms in total. The van der Waals surface area contributed by atoms with Crippen LogP contribution in [0.1, 0.15) is 12.8 Å². The lowest BCUT2D eigenvalue weighted by molar-refractivity contribution is -0.123. The molecule has 0 spiro atoms. The van der Waals surface area contributed by atoms with E-state index in [-0.39, 0.29) is 0 Å². The molecule has 3 heteroatoms. The first-order chi connectivity index (χ1) is 9.36. The molecule has 0 N–H and O–H groups in total. The highest BCUT2D eigenvalue weighted by molar-refractivity contribution is 7.71. The molecule has 0 unspecified atom stereocenters. The summed E-state index contributed by atoms with van der Waals surface area (Å²) in [5, 5.41) is 2.50. The molecule has 2 aromatic carbocycles. The molecule has 0 radical (unpaired) electrons. The fourth-order valence-corrected chi connectivity index (χ4v) is 4.84. The number of carbonyl (C=O) groups excluding carboxylic acids is 1. The lowest BCUT2D eigenvalue weighted by Gasteiger charge is -2.28. The molecule has 1 amide bonds. The minimum atomic E-state index is -0.708. The van der Waals surface area contributed by atoms with Gasteiger partial charge in [0.2, 0.25) is 5.91 Å². The Balaban J connectivity index is 2.03. The van der Waals surface area contributed by atoms with E-state index in [1.165, 1.54) is 10.6 Å². The zero-order chi connectivity index (χ0) is 13.1. The minimum Gasteiger partial charge on any atom is -0.314 e. The van der Waals surface area contributed by atoms with Crippen molar-refractivity contribution in [3.05, 3.63) is 60.7 Å². The summed E-state index contributed by atoms with van der Waals surface area (Å²) in [4.78, 5) is 12.1. The lowest BCUT2D eigenvalue weighted by Crippen LogP contribution is -2.29. The van der Waals surface area contributed by atoms with Crippen LogP contribution in [-0.4, -0.2) is 17.1 Å². The highest BCUT2D eigenvalue weighted by Gasteiger charge is 2.30. The smallest absolute Gasteiger partial charge is 0.226 e. The largest absolute Gasteiger partial charge is 0.314 e. The summed E-state index contributed by atoms with van der Waals surface area (Å²) in [6, 6.07) is 20.8. The Bertz CT molecular complexity index is 516. The summed E-state index contributed by atoms with van der Waals surface area (Å²) >= 11 is 0. The van der Waals surface area contributed by atoms with Crippen LogP contribution in [0.15, 0.2) is 60.7 Å². The first-order valence-corrected chi connectivity index (χ1v) is 7.86. The van der Waals surface area contributed by atoms with Gasteiger partial charge in [0.1, 0.15) is 0 Å². The van der Waals surface area contributed by atoms with Gasteiger partial charge in [-0.15, -0.1) is 0 Å². The monoisotopic (exact) mass is 269 g/mol. The van der Waals surface area contributed by atoms with Crippen LogP contribution < -0.4 is 10.6 Å². The van der Waals surface area contributed by atoms with E-state index in [4.69, 9.17) is 0 Å². The average Bonchev–Trinajstić information content (AvgIpc) is 2.88. The van der Waals surface area contributed by atoms with Gasteiger partial charge in [-0.05, 0) is 6.42 Å². The lowest BCUT2D eigenvalue weighted by atomic mass is 10.4. The highest BCUT2D eigenvalue weighted by Crippen LogP contribution is 2.41. The van der Waals surface area contributed by atoms with Gasteiger partial charge in [0.05, 0.1) is 8.07 Å². The molecule has 0 aromatic heterocycles. The van der Waals surface area contributed by atoms with Gasteiger partial charge in [-0.3, -0.25) is 4.79 Å². The molecule has 19 heavy (non-hydrogen) atoms. The zero-order valence-corrected chi connectivity index (χ0v) is 11.6. The molecule has 1 fully saturated rings. The third-order valence-corrected chi connectivity index (χ3v) is 5.77. The molecule has 1 aliphatic heterocycles. The van der Waals surface area contributed by atoms with Crippen molar-refractivity contribution in [3.63, 3.8) is 0 Å². The minimum absolute atomic E-state index is 0.291. The van der Waals surface area contributed by atoms with E-state index in [1.807, 2.05) is 36.4 Å². The van der Waals surface area contributed by atoms with Crippen LogP contribution in [0.2, 0.25) is 0 Å². The van der Waals surface area contributed by atoms with Gasteiger partial charge in [0.15, 0.2) is 0 Å². The molecule has 2 aromatic rings. The van der Waals surface area contributed by atoms with E-state index < -0.39 is 8.07 Å². The summed E-state index contributed by atoms with van der Waals surface area (Å²) in [7, 11) is -0.708. The normalized spacial score (nSPS) is 15.2. The Morgan fingerprint density at radius 2 is 1.37 bits per heavy atom. The summed E-state index contributed by atoms with van der Waals surface area (Å²) < 4.78 is 2.07. The van der Waals surface area contributed by atoms with E-state index in [2.05, 4.69) is 28.9 Å². The molecule has 96 valence electrons. The van der Waals surface area contributed by atoms with Crippen molar-refractivity contribution in [3.8, 4) is 0 Å². The first kappa shape index (κ1) is 12.4. The van der Waals surface area contributed by atoms with Gasteiger partial charge >= 0.3 is 0 Å². The maximum Gasteiger partial charge on any atom is 0.226 e. The number of rotatable bonds is 3. The molecular formula is C16H16NOP. The standard InChI is InChI=1S/C16H16NOP/c18-16-12-7-13-17(16)19(14-8-3-1-4-9-14)15-10-5-2-6-11-15/h1-6,8-11H,7,12-13H2. The van der Waals surface area contributed by atoms with Gasteiger partial charge < -0.3 is 4.67 Å². The van der Waals surface area contributed by atoms with Gasteiger partial charge in [-0.25, -0.2) is 0 Å². The van der Waals surface area contributed by atoms with Crippen molar-refractivity contribution in [2.24, 2.45) is 0 Å². The third kappa shape index (κ3) is 2.54. The third-order valence-electron chi connectivity index (χ3n) is 3.29. The van der Waals surface area contributed by atoms with E-state index >= 15 is 0 Å². The summed E-state index contributed by atoms with van der Waals surface area (Å²) in [5.74, 6) is 0.291. The predicted molar refractivity (Wildman–Crippen MR) is 80.0 cm³/mol. The van der Waals surface area contributed by atoms with E-state index in [1.54, 1.807) is 0 Å². The number of hydrogen-bond donors (Lipinski definition) is 0. The van der Waals surface area contributed by atoms with Crippen LogP contribution in [0.25, 0.3) is 0 Å². The molecule has 0 saturated carbocycles. The van der Waals surface area contributed by atoms with Gasteiger partial charge in [-0.2, -0.15) is 0 Å². The van der Waals surface area contributed by atoms with Gasteiger partial charge in [0, 0.05) is 23.6 Å². The molecule has 1 aliphatic rings. The second kappa shape index (κ2) is 5.54. The molecule has 0 aliphatic carbocycles. The van der Waals surface area contributed by atoms with E-state index in [0.29, 0.717) is 12.3 Å². The van der Waals surface area contributed by atoms with Crippen molar-refractivity contribution >= 4 is 24.6 Å². The van der Waals surface area contributed by atoms with E-state index in [0.717, 1.165) is 13.0 Å². The Hall–Kier alpha value is -1.66. The van der Waals surface area contributed by atoms with Crippen LogP contribution in [0, 0.1) is 0 Å². The number of hydrogen-bond acceptors (Lipinski definition) is 1. The second-order valence-corrected chi connectivity index (χ2v) is 6.74. The summed E-state index contributed by atoms with van der Waals surface area (Å²) in [5.41, 5.74) is 0. The summed E-state index contributed by atoms with van der Waals surface area (Å²) in [6.45, 7) is 0.883. The van der Waals surface area contributed by atoms with Crippen molar-refractivity contribution < 1.29 is 4.79 Å². The van der Waals surface area contributed by atoms with Crippen molar-refractivity contribution in [2.45, 2.75) is 12.8 Å². The number of amides is 1. The summed E-state index contributed by atoms with van der Waals surface area (Å²) in [6.07, 6.45) is 1.68. The SMILES string of the molecule is O=C1CCCN1P(c1ccccc1)c1ccccc1. The van der Waals surface area contributed by atoms with Crippen LogP contribution in [0.3, 0.4) is 0 Å². The number of carbonyl (C=O) groups is 1. The maximum atomic E-state index is 12.1. The van der Waals surface area contributed by atoms with E-state index in [9.17, 15) is 4.79 Å². The predicted octanol–water partition coefficient (Wildman–Crippen LogP) is 2.66. The first-order valence-electron chi connectivity index (χ1n) is 6.57. The Kier molecular flexibility index (Phi) is 3.61. The number of nitrogens with zero attached hydrogens (tertiary/aromatic N) is 1. The Labute approximate surface area is 114 Å². The van der Waals surface area contributed by atoms with Crippen LogP contribution in [-0.2, 0) is 4.79 Å². The topological polar surface area (TPSA) is 20.3 Å². The van der Waals surface area contributed by atoms with Crippen molar-refractivity contribution in [2.75, 3.05) is 6.54 Å². The fourth-order valence-electron chi connectivity index (χ4n) is 2.41. The van der Waals surface area contributed by atoms with Gasteiger partial charge in [0.25, 0.3) is 0 Å².